The second-order valence-corrected chi connectivity index (χ2v) is 6.05. The van der Waals surface area contributed by atoms with Crippen LogP contribution in [0.3, 0.4) is 0 Å². The highest BCUT2D eigenvalue weighted by Crippen LogP contribution is 2.13. The van der Waals surface area contributed by atoms with Gasteiger partial charge in [-0.05, 0) is 31.2 Å². The van der Waals surface area contributed by atoms with Gasteiger partial charge in [-0.1, -0.05) is 6.92 Å². The van der Waals surface area contributed by atoms with E-state index >= 15 is 0 Å². The molecule has 0 fully saturated rings. The summed E-state index contributed by atoms with van der Waals surface area (Å²) in [6, 6.07) is 6.30. The molecule has 1 aromatic carbocycles. The maximum absolute atomic E-state index is 11.7. The molecule has 0 aromatic heterocycles. The van der Waals surface area contributed by atoms with E-state index in [-0.39, 0.29) is 17.3 Å². The lowest BCUT2D eigenvalue weighted by atomic mass is 10.3. The Hall–Kier alpha value is -1.60. The molecule has 0 aliphatic rings. The minimum absolute atomic E-state index is 0.0168. The number of amides is 1. The normalized spacial score (nSPS) is 11.2. The van der Waals surface area contributed by atoms with Crippen molar-refractivity contribution in [3.8, 4) is 0 Å². The molecule has 0 radical (unpaired) electrons. The number of nitrogens with one attached hydrogen (secondary N) is 2. The smallest absolute Gasteiger partial charge is 0.241 e. The lowest BCUT2D eigenvalue weighted by molar-refractivity contribution is -0.127. The summed E-state index contributed by atoms with van der Waals surface area (Å²) >= 11 is 0. The van der Waals surface area contributed by atoms with Gasteiger partial charge in [0.2, 0.25) is 15.9 Å². The average molecular weight is 299 g/mol. The summed E-state index contributed by atoms with van der Waals surface area (Å²) in [5, 5.41) is 2.96. The van der Waals surface area contributed by atoms with Crippen LogP contribution in [0.5, 0.6) is 0 Å². The molecule has 1 aromatic rings. The monoisotopic (exact) mass is 299 g/mol. The van der Waals surface area contributed by atoms with Gasteiger partial charge in [0.1, 0.15) is 0 Å². The van der Waals surface area contributed by atoms with E-state index in [1.807, 2.05) is 6.92 Å². The Bertz CT molecular complexity index is 540. The number of hydrogen-bond donors (Lipinski definition) is 2. The highest BCUT2D eigenvalue weighted by Gasteiger charge is 2.12. The summed E-state index contributed by atoms with van der Waals surface area (Å²) in [4.78, 5) is 13.4. The van der Waals surface area contributed by atoms with Gasteiger partial charge in [0, 0.05) is 25.8 Å². The van der Waals surface area contributed by atoms with Gasteiger partial charge in [0.25, 0.3) is 0 Å². The first-order valence-electron chi connectivity index (χ1n) is 6.48. The lowest BCUT2D eigenvalue weighted by Crippen LogP contribution is -2.31. The highest BCUT2D eigenvalue weighted by atomic mass is 32.2. The SMILES string of the molecule is CCNS(=O)(=O)c1ccc(NCC(=O)N(C)CC)cc1. The quantitative estimate of drug-likeness (QED) is 0.783. The molecule has 20 heavy (non-hydrogen) atoms. The van der Waals surface area contributed by atoms with E-state index < -0.39 is 10.0 Å². The zero-order chi connectivity index (χ0) is 15.2. The molecule has 7 heteroatoms. The van der Waals surface area contributed by atoms with E-state index in [2.05, 4.69) is 10.0 Å². The maximum atomic E-state index is 11.7. The van der Waals surface area contributed by atoms with E-state index in [0.717, 1.165) is 0 Å². The van der Waals surface area contributed by atoms with Crippen molar-refractivity contribution in [1.82, 2.24) is 9.62 Å². The van der Waals surface area contributed by atoms with Crippen molar-refractivity contribution in [3.05, 3.63) is 24.3 Å². The molecule has 1 amide bonds. The number of sulfonamides is 1. The van der Waals surface area contributed by atoms with Crippen molar-refractivity contribution in [1.29, 1.82) is 0 Å². The van der Waals surface area contributed by atoms with Crippen LogP contribution in [-0.2, 0) is 14.8 Å². The number of nitrogens with zero attached hydrogens (tertiary/aromatic N) is 1. The number of likely N-dealkylation sites (N-methyl/N-ethyl adjacent to an activating group) is 1. The first-order chi connectivity index (χ1) is 9.40. The van der Waals surface area contributed by atoms with Crippen LogP contribution in [0, 0.1) is 0 Å². The van der Waals surface area contributed by atoms with Crippen LogP contribution >= 0.6 is 0 Å². The Labute approximate surface area is 120 Å². The molecule has 0 spiro atoms. The third-order valence-electron chi connectivity index (χ3n) is 2.84. The lowest BCUT2D eigenvalue weighted by Gasteiger charge is -2.15. The Balaban J connectivity index is 2.66. The fourth-order valence-electron chi connectivity index (χ4n) is 1.51. The van der Waals surface area contributed by atoms with Crippen molar-refractivity contribution in [3.63, 3.8) is 0 Å². The third kappa shape index (κ3) is 4.50. The molecule has 2 N–H and O–H groups in total. The Morgan fingerprint density at radius 2 is 1.80 bits per heavy atom. The number of anilines is 1. The van der Waals surface area contributed by atoms with E-state index in [1.165, 1.54) is 12.1 Å². The molecular formula is C13H21N3O3S. The molecule has 0 saturated heterocycles. The summed E-state index contributed by atoms with van der Waals surface area (Å²) in [5.41, 5.74) is 0.707. The second kappa shape index (κ2) is 7.25. The van der Waals surface area contributed by atoms with E-state index in [4.69, 9.17) is 0 Å². The third-order valence-corrected chi connectivity index (χ3v) is 4.40. The summed E-state index contributed by atoms with van der Waals surface area (Å²) in [5.74, 6) is -0.0168. The zero-order valence-electron chi connectivity index (χ0n) is 12.0. The summed E-state index contributed by atoms with van der Waals surface area (Å²) in [6.45, 7) is 4.81. The van der Waals surface area contributed by atoms with Gasteiger partial charge >= 0.3 is 0 Å². The van der Waals surface area contributed by atoms with Crippen molar-refractivity contribution < 1.29 is 13.2 Å². The molecule has 6 nitrogen and oxygen atoms in total. The number of rotatable bonds is 7. The van der Waals surface area contributed by atoms with Crippen molar-refractivity contribution in [2.75, 3.05) is 32.0 Å². The highest BCUT2D eigenvalue weighted by molar-refractivity contribution is 7.89. The summed E-state index contributed by atoms with van der Waals surface area (Å²) < 4.78 is 25.9. The van der Waals surface area contributed by atoms with Crippen molar-refractivity contribution in [2.24, 2.45) is 0 Å². The van der Waals surface area contributed by atoms with Crippen LogP contribution in [0.2, 0.25) is 0 Å². The van der Waals surface area contributed by atoms with Crippen LogP contribution in [-0.4, -0.2) is 45.9 Å². The summed E-state index contributed by atoms with van der Waals surface area (Å²) in [6.07, 6.45) is 0. The Morgan fingerprint density at radius 3 is 2.30 bits per heavy atom. The molecule has 0 saturated carbocycles. The van der Waals surface area contributed by atoms with Gasteiger partial charge in [0.05, 0.1) is 11.4 Å². The molecular weight excluding hydrogens is 278 g/mol. The molecule has 112 valence electrons. The van der Waals surface area contributed by atoms with Crippen LogP contribution in [0.1, 0.15) is 13.8 Å². The van der Waals surface area contributed by atoms with E-state index in [9.17, 15) is 13.2 Å². The molecule has 0 unspecified atom stereocenters. The van der Waals surface area contributed by atoms with E-state index in [0.29, 0.717) is 18.8 Å². The number of carbonyl (C=O) groups excluding carboxylic acids is 1. The predicted molar refractivity (Wildman–Crippen MR) is 79.1 cm³/mol. The zero-order valence-corrected chi connectivity index (χ0v) is 12.8. The molecule has 1 rings (SSSR count). The van der Waals surface area contributed by atoms with Gasteiger partial charge in [-0.25, -0.2) is 13.1 Å². The fourth-order valence-corrected chi connectivity index (χ4v) is 2.56. The standard InChI is InChI=1S/C13H21N3O3S/c1-4-15-20(18,19)12-8-6-11(7-9-12)14-10-13(17)16(3)5-2/h6-9,14-15H,4-5,10H2,1-3H3. The minimum Gasteiger partial charge on any atom is -0.376 e. The second-order valence-electron chi connectivity index (χ2n) is 4.29. The van der Waals surface area contributed by atoms with Gasteiger partial charge < -0.3 is 10.2 Å². The molecule has 0 bridgehead atoms. The molecule has 0 heterocycles. The first-order valence-corrected chi connectivity index (χ1v) is 7.96. The van der Waals surface area contributed by atoms with Gasteiger partial charge in [-0.15, -0.1) is 0 Å². The number of carbonyl (C=O) groups is 1. The van der Waals surface area contributed by atoms with Gasteiger partial charge in [-0.3, -0.25) is 4.79 Å². The summed E-state index contributed by atoms with van der Waals surface area (Å²) in [7, 11) is -1.70. The van der Waals surface area contributed by atoms with Gasteiger partial charge in [-0.2, -0.15) is 0 Å². The van der Waals surface area contributed by atoms with E-state index in [1.54, 1.807) is 31.0 Å². The van der Waals surface area contributed by atoms with Crippen molar-refractivity contribution >= 4 is 21.6 Å². The van der Waals surface area contributed by atoms with Crippen LogP contribution in [0.25, 0.3) is 0 Å². The minimum atomic E-state index is -3.43. The van der Waals surface area contributed by atoms with Gasteiger partial charge in [0.15, 0.2) is 0 Å². The fraction of sp³-hybridized carbons (Fsp3) is 0.462. The van der Waals surface area contributed by atoms with Crippen molar-refractivity contribution in [2.45, 2.75) is 18.7 Å². The van der Waals surface area contributed by atoms with Crippen LogP contribution in [0.15, 0.2) is 29.2 Å². The molecule has 0 atom stereocenters. The Kier molecular flexibility index (Phi) is 5.97. The van der Waals surface area contributed by atoms with Crippen LogP contribution in [0.4, 0.5) is 5.69 Å². The maximum Gasteiger partial charge on any atom is 0.241 e. The topological polar surface area (TPSA) is 78.5 Å². The number of benzene rings is 1. The predicted octanol–water partition coefficient (Wildman–Crippen LogP) is 0.875. The Morgan fingerprint density at radius 1 is 1.20 bits per heavy atom. The molecule has 0 aliphatic carbocycles. The van der Waals surface area contributed by atoms with Crippen LogP contribution < -0.4 is 10.0 Å². The average Bonchev–Trinajstić information content (AvgIpc) is 2.44. The largest absolute Gasteiger partial charge is 0.376 e. The molecule has 0 aliphatic heterocycles. The first kappa shape index (κ1) is 16.5. The number of hydrogen-bond acceptors (Lipinski definition) is 4.